The summed E-state index contributed by atoms with van der Waals surface area (Å²) in [5.74, 6) is 0. The molecule has 0 atom stereocenters. The first-order valence-electron chi connectivity index (χ1n) is 38.4. The number of aromatic nitrogens is 1. The van der Waals surface area contributed by atoms with Crippen LogP contribution >= 0.6 is 0 Å². The molecule has 2 aliphatic heterocycles. The maximum atomic E-state index is 2.74. The SMILES string of the molecule is c1ccc(-c2ccc(N3c4cc5c(cc4B4c6c3cc(-n3c7ccccc7c7ccccc73)cc6N(c3ccc6c(c3)C3(c7ccccc7-c7ccccc73)c3ccccc3-6)c3ccc6c(c34)-c3ccccc3C63c4ccccc4-c4ccccc43)C3(c4ccccc4-c4ccccc43)c3ccccc3-5)cc2)cc1. The Morgan fingerprint density at radius 1 is 0.202 bits per heavy atom. The second-order valence-corrected chi connectivity index (χ2v) is 31.1. The van der Waals surface area contributed by atoms with Gasteiger partial charge in [-0.15, -0.1) is 0 Å². The maximum absolute atomic E-state index is 2.74. The molecule has 3 spiro atoms. The molecule has 17 aromatic carbocycles. The molecule has 4 heteroatoms. The number of nitrogens with zero attached hydrogens (tertiary/aromatic N) is 3. The van der Waals surface area contributed by atoms with Gasteiger partial charge in [-0.1, -0.05) is 315 Å². The lowest BCUT2D eigenvalue weighted by atomic mass is 9.32. The number of rotatable bonds is 4. The predicted molar refractivity (Wildman–Crippen MR) is 449 cm³/mol. The van der Waals surface area contributed by atoms with Crippen LogP contribution in [0.15, 0.2) is 376 Å². The van der Waals surface area contributed by atoms with Gasteiger partial charge in [0.2, 0.25) is 0 Å². The lowest BCUT2D eigenvalue weighted by molar-refractivity contribution is 0.793. The standard InChI is InChI=1S/C105H62BN3/c1-2-26-63(27-3-1)64-50-52-65(53-51-64)107-97-61-80-75-35-11-22-46-88(75)105(85-43-19-8-32-72(85)73-33-9-20-44-86(73)105)92(80)62-93(97)106-101-98(107)59-67(109-94-48-24-13-36-77(94)78-37-14-25-49-95(78)109)60-99(101)108(66-54-55-76-74-34-10-21-45-87(74)104(91(76)58-66)83-41-17-6-30-70(83)71-31-7-18-42-84(71)104)96-57-56-90-100(102(96)106)79-38-12-23-47-89(79)103(90)81-39-15-4-28-68(81)69-29-5-16-40-82(69)103/h1-62H. The first kappa shape index (κ1) is 58.5. The van der Waals surface area contributed by atoms with Crippen LogP contribution in [-0.2, 0) is 16.2 Å². The highest BCUT2D eigenvalue weighted by Gasteiger charge is 2.58. The van der Waals surface area contributed by atoms with Crippen LogP contribution in [0.1, 0.15) is 66.8 Å². The van der Waals surface area contributed by atoms with Gasteiger partial charge in [-0.3, -0.25) is 0 Å². The summed E-state index contributed by atoms with van der Waals surface area (Å²) >= 11 is 0. The highest BCUT2D eigenvalue weighted by molar-refractivity contribution is 7.01. The van der Waals surface area contributed by atoms with Crippen LogP contribution in [-0.4, -0.2) is 11.3 Å². The molecule has 3 nitrogen and oxygen atoms in total. The normalized spacial score (nSPS) is 15.0. The van der Waals surface area contributed by atoms with Gasteiger partial charge in [0.15, 0.2) is 0 Å². The zero-order valence-electron chi connectivity index (χ0n) is 59.2. The minimum atomic E-state index is -0.623. The van der Waals surface area contributed by atoms with Gasteiger partial charge in [0, 0.05) is 44.9 Å². The van der Waals surface area contributed by atoms with E-state index in [0.29, 0.717) is 0 Å². The smallest absolute Gasteiger partial charge is 0.252 e. The Morgan fingerprint density at radius 3 is 1.04 bits per heavy atom. The van der Waals surface area contributed by atoms with Gasteiger partial charge in [0.25, 0.3) is 6.71 Å². The molecule has 109 heavy (non-hydrogen) atoms. The Morgan fingerprint density at radius 2 is 0.560 bits per heavy atom. The summed E-state index contributed by atoms with van der Waals surface area (Å²) in [6.07, 6.45) is 0. The minimum absolute atomic E-state index is 0.320. The first-order valence-corrected chi connectivity index (χ1v) is 38.4. The molecule has 1 aromatic heterocycles. The topological polar surface area (TPSA) is 11.4 Å². The molecular formula is C105H62BN3. The number of hydrogen-bond donors (Lipinski definition) is 0. The van der Waals surface area contributed by atoms with Gasteiger partial charge in [0.05, 0.1) is 33.0 Å². The van der Waals surface area contributed by atoms with Crippen LogP contribution in [0.2, 0.25) is 0 Å². The van der Waals surface area contributed by atoms with Crippen LogP contribution in [0.5, 0.6) is 0 Å². The summed E-state index contributed by atoms with van der Waals surface area (Å²) in [4.78, 5) is 5.43. The third kappa shape index (κ3) is 6.96. The van der Waals surface area contributed by atoms with Crippen LogP contribution in [0.3, 0.4) is 0 Å². The lowest BCUT2D eigenvalue weighted by Crippen LogP contribution is -2.62. The molecule has 0 unspecified atom stereocenters. The fourth-order valence-electron chi connectivity index (χ4n) is 22.8. The Labute approximate surface area is 631 Å². The van der Waals surface area contributed by atoms with Crippen molar-refractivity contribution in [3.05, 3.63) is 443 Å². The van der Waals surface area contributed by atoms with E-state index >= 15 is 0 Å². The van der Waals surface area contributed by atoms with Gasteiger partial charge in [-0.25, -0.2) is 0 Å². The summed E-state index contributed by atoms with van der Waals surface area (Å²) < 4.78 is 2.56. The van der Waals surface area contributed by atoms with Crippen molar-refractivity contribution in [3.8, 4) is 83.6 Å². The molecule has 0 fully saturated rings. The van der Waals surface area contributed by atoms with Crippen molar-refractivity contribution >= 4 is 79.0 Å². The Balaban J connectivity index is 0.846. The van der Waals surface area contributed by atoms with Gasteiger partial charge in [0.1, 0.15) is 0 Å². The quantitative estimate of drug-likeness (QED) is 0.163. The van der Waals surface area contributed by atoms with Gasteiger partial charge >= 0.3 is 0 Å². The molecule has 0 radical (unpaired) electrons. The average molecular weight is 1380 g/mol. The fraction of sp³-hybridized carbons (Fsp3) is 0.0286. The summed E-state index contributed by atoms with van der Waals surface area (Å²) in [7, 11) is 0. The van der Waals surface area contributed by atoms with Crippen molar-refractivity contribution in [2.75, 3.05) is 9.80 Å². The Bertz CT molecular complexity index is 6950. The first-order chi connectivity index (χ1) is 54.1. The molecule has 0 saturated heterocycles. The van der Waals surface area contributed by atoms with Gasteiger partial charge < -0.3 is 14.4 Å². The average Bonchev–Trinajstić information content (AvgIpc) is 1.55. The molecule has 0 saturated carbocycles. The summed E-state index contributed by atoms with van der Waals surface area (Å²) in [6, 6.07) is 146. The largest absolute Gasteiger partial charge is 0.311 e. The van der Waals surface area contributed by atoms with Crippen molar-refractivity contribution in [2.45, 2.75) is 16.2 Å². The van der Waals surface area contributed by atoms with Crippen molar-refractivity contribution in [1.29, 1.82) is 0 Å². The number of hydrogen-bond acceptors (Lipinski definition) is 2. The van der Waals surface area contributed by atoms with Crippen LogP contribution in [0.25, 0.3) is 105 Å². The monoisotopic (exact) mass is 1380 g/mol. The van der Waals surface area contributed by atoms with E-state index in [4.69, 9.17) is 0 Å². The maximum Gasteiger partial charge on any atom is 0.252 e. The minimum Gasteiger partial charge on any atom is -0.311 e. The third-order valence-corrected chi connectivity index (χ3v) is 26.6. The Hall–Kier alpha value is -13.8. The van der Waals surface area contributed by atoms with Gasteiger partial charge in [-0.2, -0.15) is 0 Å². The van der Waals surface area contributed by atoms with Crippen molar-refractivity contribution < 1.29 is 0 Å². The van der Waals surface area contributed by atoms with E-state index in [1.807, 2.05) is 0 Å². The summed E-state index contributed by atoms with van der Waals surface area (Å²) in [6.45, 7) is -0.320. The van der Waals surface area contributed by atoms with E-state index < -0.39 is 16.2 Å². The van der Waals surface area contributed by atoms with Crippen LogP contribution < -0.4 is 26.2 Å². The second-order valence-electron chi connectivity index (χ2n) is 31.1. The van der Waals surface area contributed by atoms with Crippen LogP contribution in [0, 0.1) is 0 Å². The molecule has 18 aromatic rings. The molecule has 500 valence electrons. The second kappa shape index (κ2) is 20.8. The highest BCUT2D eigenvalue weighted by Crippen LogP contribution is 2.68. The molecule has 8 aliphatic rings. The zero-order chi connectivity index (χ0) is 70.7. The van der Waals surface area contributed by atoms with E-state index in [2.05, 4.69) is 390 Å². The summed E-state index contributed by atoms with van der Waals surface area (Å²) in [5.41, 5.74) is 45.9. The molecule has 6 aliphatic carbocycles. The lowest BCUT2D eigenvalue weighted by Gasteiger charge is -2.46. The Kier molecular flexibility index (Phi) is 11.2. The molecule has 26 rings (SSSR count). The number of benzene rings is 17. The van der Waals surface area contributed by atoms with Crippen molar-refractivity contribution in [3.63, 3.8) is 0 Å². The van der Waals surface area contributed by atoms with E-state index in [9.17, 15) is 0 Å². The van der Waals surface area contributed by atoms with E-state index in [-0.39, 0.29) is 6.71 Å². The zero-order valence-corrected chi connectivity index (χ0v) is 59.2. The van der Waals surface area contributed by atoms with Crippen molar-refractivity contribution in [1.82, 2.24) is 4.57 Å². The van der Waals surface area contributed by atoms with E-state index in [1.165, 1.54) is 183 Å². The third-order valence-electron chi connectivity index (χ3n) is 26.6. The molecule has 0 N–H and O–H groups in total. The fourth-order valence-corrected chi connectivity index (χ4v) is 22.8. The highest BCUT2D eigenvalue weighted by atomic mass is 15.2. The number of fused-ring (bicyclic) bond motifs is 38. The molecule has 3 heterocycles. The van der Waals surface area contributed by atoms with Gasteiger partial charge in [-0.05, 0) is 222 Å². The molecule has 0 amide bonds. The number of para-hydroxylation sites is 2. The molecule has 0 bridgehead atoms. The predicted octanol–water partition coefficient (Wildman–Crippen LogP) is 23.6. The van der Waals surface area contributed by atoms with Crippen molar-refractivity contribution in [2.24, 2.45) is 0 Å². The summed E-state index contributed by atoms with van der Waals surface area (Å²) in [5, 5.41) is 2.44. The van der Waals surface area contributed by atoms with E-state index in [0.717, 1.165) is 39.5 Å². The van der Waals surface area contributed by atoms with E-state index in [1.54, 1.807) is 0 Å². The number of anilines is 6. The molecular weight excluding hydrogens is 1310 g/mol. The van der Waals surface area contributed by atoms with Crippen LogP contribution in [0.4, 0.5) is 34.1 Å².